The van der Waals surface area contributed by atoms with E-state index in [9.17, 15) is 4.79 Å². The summed E-state index contributed by atoms with van der Waals surface area (Å²) in [5.74, 6) is 0.475. The van der Waals surface area contributed by atoms with Crippen LogP contribution in [0, 0.1) is 6.92 Å². The monoisotopic (exact) mass is 330 g/mol. The molecular formula is C19H23ClN2O. The van der Waals surface area contributed by atoms with E-state index >= 15 is 0 Å². The van der Waals surface area contributed by atoms with E-state index in [2.05, 4.69) is 29.6 Å². The predicted molar refractivity (Wildman–Crippen MR) is 95.7 cm³/mol. The van der Waals surface area contributed by atoms with Gasteiger partial charge in [-0.2, -0.15) is 0 Å². The van der Waals surface area contributed by atoms with Crippen molar-refractivity contribution in [1.82, 2.24) is 5.32 Å². The minimum atomic E-state index is -0.587. The first-order valence-corrected chi connectivity index (χ1v) is 7.81. The second-order valence-electron chi connectivity index (χ2n) is 6.17. The lowest BCUT2D eigenvalue weighted by molar-refractivity contribution is -0.123. The van der Waals surface area contributed by atoms with Crippen LogP contribution in [0.25, 0.3) is 0 Å². The van der Waals surface area contributed by atoms with Crippen LogP contribution in [0.15, 0.2) is 54.6 Å². The maximum Gasteiger partial charge on any atom is 0.241 e. The maximum absolute atomic E-state index is 12.2. The van der Waals surface area contributed by atoms with Crippen molar-refractivity contribution in [3.8, 4) is 0 Å². The van der Waals surface area contributed by atoms with Gasteiger partial charge in [-0.25, -0.2) is 0 Å². The third-order valence-corrected chi connectivity index (χ3v) is 4.47. The second kappa shape index (κ2) is 7.62. The number of hydrogen-bond donors (Lipinski definition) is 2. The van der Waals surface area contributed by atoms with E-state index in [1.165, 1.54) is 11.1 Å². The minimum Gasteiger partial charge on any atom is -0.352 e. The normalized spacial score (nSPS) is 20.8. The van der Waals surface area contributed by atoms with Crippen LogP contribution in [0.5, 0.6) is 0 Å². The van der Waals surface area contributed by atoms with Gasteiger partial charge in [0.25, 0.3) is 0 Å². The van der Waals surface area contributed by atoms with E-state index in [0.29, 0.717) is 5.92 Å². The number of hydrogen-bond acceptors (Lipinski definition) is 2. The summed E-state index contributed by atoms with van der Waals surface area (Å²) >= 11 is 0. The molecule has 0 aliphatic heterocycles. The first-order valence-electron chi connectivity index (χ1n) is 7.81. The van der Waals surface area contributed by atoms with Crippen molar-refractivity contribution in [3.63, 3.8) is 0 Å². The number of amides is 1. The highest BCUT2D eigenvalue weighted by atomic mass is 35.5. The Kier molecular flexibility index (Phi) is 5.80. The zero-order valence-corrected chi connectivity index (χ0v) is 14.1. The molecule has 3 rings (SSSR count). The molecule has 0 radical (unpaired) electrons. The molecule has 1 unspecified atom stereocenters. The standard InChI is InChI=1S/C19H22N2O.ClH/c1-13-7-9-15(10-8-13)18(20)19(22)21-17-11-16(12-17)14-5-3-2-4-6-14;/h2-10,16-18H,11-12,20H2,1H3,(H,21,22);1H. The summed E-state index contributed by atoms with van der Waals surface area (Å²) in [6, 6.07) is 17.9. The van der Waals surface area contributed by atoms with Crippen LogP contribution >= 0.6 is 12.4 Å². The fraction of sp³-hybridized carbons (Fsp3) is 0.316. The highest BCUT2D eigenvalue weighted by Gasteiger charge is 2.32. The molecule has 3 N–H and O–H groups in total. The van der Waals surface area contributed by atoms with Crippen LogP contribution in [-0.4, -0.2) is 11.9 Å². The van der Waals surface area contributed by atoms with E-state index in [4.69, 9.17) is 5.73 Å². The van der Waals surface area contributed by atoms with Gasteiger partial charge in [-0.1, -0.05) is 60.2 Å². The molecule has 0 saturated heterocycles. The predicted octanol–water partition coefficient (Wildman–Crippen LogP) is 3.48. The summed E-state index contributed by atoms with van der Waals surface area (Å²) in [6.45, 7) is 2.02. The molecule has 1 saturated carbocycles. The Bertz CT molecular complexity index is 636. The lowest BCUT2D eigenvalue weighted by Gasteiger charge is -2.36. The Labute approximate surface area is 143 Å². The molecule has 0 heterocycles. The van der Waals surface area contributed by atoms with Gasteiger partial charge >= 0.3 is 0 Å². The van der Waals surface area contributed by atoms with Crippen molar-refractivity contribution in [3.05, 3.63) is 71.3 Å². The number of nitrogens with two attached hydrogens (primary N) is 1. The van der Waals surface area contributed by atoms with Gasteiger partial charge in [0.15, 0.2) is 0 Å². The molecule has 1 fully saturated rings. The van der Waals surface area contributed by atoms with Crippen LogP contribution in [0.1, 0.15) is 41.5 Å². The van der Waals surface area contributed by atoms with Gasteiger partial charge in [0.05, 0.1) is 0 Å². The summed E-state index contributed by atoms with van der Waals surface area (Å²) in [7, 11) is 0. The molecule has 1 amide bonds. The molecule has 1 atom stereocenters. The fourth-order valence-electron chi connectivity index (χ4n) is 2.95. The molecule has 2 aromatic rings. The largest absolute Gasteiger partial charge is 0.352 e. The average molecular weight is 331 g/mol. The number of benzene rings is 2. The molecule has 0 bridgehead atoms. The van der Waals surface area contributed by atoms with Crippen molar-refractivity contribution in [1.29, 1.82) is 0 Å². The summed E-state index contributed by atoms with van der Waals surface area (Å²) in [5, 5.41) is 3.07. The first kappa shape index (κ1) is 17.5. The van der Waals surface area contributed by atoms with Crippen molar-refractivity contribution in [2.75, 3.05) is 0 Å². The van der Waals surface area contributed by atoms with Gasteiger partial charge in [-0.15, -0.1) is 12.4 Å². The Hall–Kier alpha value is -1.84. The number of aryl methyl sites for hydroxylation is 1. The Morgan fingerprint density at radius 3 is 2.30 bits per heavy atom. The van der Waals surface area contributed by atoms with Crippen molar-refractivity contribution in [2.24, 2.45) is 5.73 Å². The van der Waals surface area contributed by atoms with Gasteiger partial charge in [-0.3, -0.25) is 4.79 Å². The third kappa shape index (κ3) is 4.12. The lowest BCUT2D eigenvalue weighted by atomic mass is 9.76. The number of nitrogens with one attached hydrogen (secondary N) is 1. The molecule has 4 heteroatoms. The van der Waals surface area contributed by atoms with Gasteiger partial charge in [-0.05, 0) is 36.8 Å². The SMILES string of the molecule is Cc1ccc(C(N)C(=O)NC2CC(c3ccccc3)C2)cc1.Cl. The van der Waals surface area contributed by atoms with E-state index in [0.717, 1.165) is 18.4 Å². The first-order chi connectivity index (χ1) is 10.6. The zero-order chi connectivity index (χ0) is 15.5. The van der Waals surface area contributed by atoms with Crippen molar-refractivity contribution < 1.29 is 4.79 Å². The summed E-state index contributed by atoms with van der Waals surface area (Å²) < 4.78 is 0. The number of carbonyl (C=O) groups excluding carboxylic acids is 1. The van der Waals surface area contributed by atoms with Crippen molar-refractivity contribution in [2.45, 2.75) is 37.8 Å². The molecule has 1 aliphatic rings. The molecular weight excluding hydrogens is 308 g/mol. The molecule has 2 aromatic carbocycles. The van der Waals surface area contributed by atoms with E-state index in [1.807, 2.05) is 37.3 Å². The lowest BCUT2D eigenvalue weighted by Crippen LogP contribution is -2.46. The Morgan fingerprint density at radius 2 is 1.70 bits per heavy atom. The van der Waals surface area contributed by atoms with E-state index in [1.54, 1.807) is 0 Å². The van der Waals surface area contributed by atoms with Gasteiger partial charge in [0, 0.05) is 6.04 Å². The van der Waals surface area contributed by atoms with E-state index < -0.39 is 6.04 Å². The third-order valence-electron chi connectivity index (χ3n) is 4.47. The van der Waals surface area contributed by atoms with Crippen LogP contribution in [0.2, 0.25) is 0 Å². The molecule has 0 spiro atoms. The van der Waals surface area contributed by atoms with Crippen LogP contribution in [0.4, 0.5) is 0 Å². The minimum absolute atomic E-state index is 0. The fourth-order valence-corrected chi connectivity index (χ4v) is 2.95. The molecule has 0 aromatic heterocycles. The Morgan fingerprint density at radius 1 is 1.09 bits per heavy atom. The maximum atomic E-state index is 12.2. The summed E-state index contributed by atoms with van der Waals surface area (Å²) in [6.07, 6.45) is 1.99. The van der Waals surface area contributed by atoms with Crippen molar-refractivity contribution >= 4 is 18.3 Å². The highest BCUT2D eigenvalue weighted by Crippen LogP contribution is 2.36. The zero-order valence-electron chi connectivity index (χ0n) is 13.2. The van der Waals surface area contributed by atoms with Gasteiger partial charge < -0.3 is 11.1 Å². The van der Waals surface area contributed by atoms with Gasteiger partial charge in [0.2, 0.25) is 5.91 Å². The van der Waals surface area contributed by atoms with Crippen LogP contribution in [-0.2, 0) is 4.79 Å². The van der Waals surface area contributed by atoms with Crippen LogP contribution < -0.4 is 11.1 Å². The Balaban J connectivity index is 0.00000192. The topological polar surface area (TPSA) is 55.1 Å². The number of halogens is 1. The number of carbonyl (C=O) groups is 1. The molecule has 23 heavy (non-hydrogen) atoms. The summed E-state index contributed by atoms with van der Waals surface area (Å²) in [5.41, 5.74) is 9.44. The smallest absolute Gasteiger partial charge is 0.241 e. The molecule has 122 valence electrons. The van der Waals surface area contributed by atoms with Gasteiger partial charge in [0.1, 0.15) is 6.04 Å². The quantitative estimate of drug-likeness (QED) is 0.901. The molecule has 3 nitrogen and oxygen atoms in total. The molecule has 1 aliphatic carbocycles. The average Bonchev–Trinajstić information content (AvgIpc) is 2.51. The second-order valence-corrected chi connectivity index (χ2v) is 6.17. The van der Waals surface area contributed by atoms with Crippen LogP contribution in [0.3, 0.4) is 0 Å². The van der Waals surface area contributed by atoms with E-state index in [-0.39, 0.29) is 24.4 Å². The summed E-state index contributed by atoms with van der Waals surface area (Å²) in [4.78, 5) is 12.2. The highest BCUT2D eigenvalue weighted by molar-refractivity contribution is 5.85. The number of rotatable bonds is 4.